The molecule has 1 fully saturated rings. The van der Waals surface area contributed by atoms with Gasteiger partial charge < -0.3 is 9.64 Å². The second-order valence-corrected chi connectivity index (χ2v) is 8.94. The van der Waals surface area contributed by atoms with Crippen molar-refractivity contribution in [3.63, 3.8) is 0 Å². The smallest absolute Gasteiger partial charge is 0.265 e. The lowest BCUT2D eigenvalue weighted by Gasteiger charge is -2.21. The third-order valence-electron chi connectivity index (χ3n) is 5.60. The first kappa shape index (κ1) is 22.4. The Morgan fingerprint density at radius 1 is 1.06 bits per heavy atom. The van der Waals surface area contributed by atoms with Gasteiger partial charge in [0.15, 0.2) is 0 Å². The van der Waals surface area contributed by atoms with Crippen molar-refractivity contribution in [2.45, 2.75) is 26.8 Å². The molecule has 1 aromatic heterocycles. The molecule has 4 rings (SSSR count). The monoisotopic (exact) mass is 453 g/mol. The Morgan fingerprint density at radius 2 is 1.81 bits per heavy atom. The van der Waals surface area contributed by atoms with Gasteiger partial charge in [-0.2, -0.15) is 0 Å². The first-order chi connectivity index (χ1) is 15.5. The predicted octanol–water partition coefficient (Wildman–Crippen LogP) is 5.00. The molecule has 7 heteroatoms. The molecule has 2 aromatic carbocycles. The molecule has 1 aliphatic rings. The van der Waals surface area contributed by atoms with Gasteiger partial charge in [0, 0.05) is 38.3 Å². The first-order valence-corrected chi connectivity index (χ1v) is 11.8. The van der Waals surface area contributed by atoms with Crippen molar-refractivity contribution in [1.29, 1.82) is 0 Å². The molecule has 32 heavy (non-hydrogen) atoms. The van der Waals surface area contributed by atoms with Crippen molar-refractivity contribution in [1.82, 2.24) is 14.8 Å². The number of hydrogen-bond acceptors (Lipinski definition) is 5. The lowest BCUT2D eigenvalue weighted by molar-refractivity contribution is 0.0765. The summed E-state index contributed by atoms with van der Waals surface area (Å²) in [6.07, 6.45) is 0.913. The molecule has 1 aliphatic heterocycles. The van der Waals surface area contributed by atoms with Crippen molar-refractivity contribution in [2.24, 2.45) is 0 Å². The zero-order valence-corrected chi connectivity index (χ0v) is 19.3. The Morgan fingerprint density at radius 3 is 2.53 bits per heavy atom. The molecule has 0 saturated carbocycles. The van der Waals surface area contributed by atoms with Crippen LogP contribution in [0, 0.1) is 12.7 Å². The van der Waals surface area contributed by atoms with Gasteiger partial charge in [-0.3, -0.25) is 9.69 Å². The average Bonchev–Trinajstić information content (AvgIpc) is 3.03. The van der Waals surface area contributed by atoms with Crippen LogP contribution in [0.5, 0.6) is 5.75 Å². The Balaban J connectivity index is 1.41. The van der Waals surface area contributed by atoms with Gasteiger partial charge in [0.2, 0.25) is 0 Å². The van der Waals surface area contributed by atoms with Crippen LogP contribution >= 0.6 is 11.3 Å². The first-order valence-electron chi connectivity index (χ1n) is 11.0. The molecule has 0 radical (unpaired) electrons. The zero-order chi connectivity index (χ0) is 22.5. The molecule has 5 nitrogen and oxygen atoms in total. The fraction of sp³-hybridized carbons (Fsp3) is 0.360. The van der Waals surface area contributed by atoms with E-state index >= 15 is 0 Å². The van der Waals surface area contributed by atoms with Crippen LogP contribution in [0.1, 0.15) is 34.3 Å². The maximum absolute atomic E-state index is 13.3. The van der Waals surface area contributed by atoms with E-state index < -0.39 is 0 Å². The second-order valence-electron chi connectivity index (χ2n) is 7.94. The molecule has 0 aliphatic carbocycles. The quantitative estimate of drug-likeness (QED) is 0.527. The molecule has 0 unspecified atom stereocenters. The Labute approximate surface area is 192 Å². The summed E-state index contributed by atoms with van der Waals surface area (Å²) in [4.78, 5) is 22.9. The highest BCUT2D eigenvalue weighted by atomic mass is 32.1. The molecule has 1 amide bonds. The molecule has 2 heterocycles. The topological polar surface area (TPSA) is 45.7 Å². The third kappa shape index (κ3) is 5.34. The lowest BCUT2D eigenvalue weighted by Crippen LogP contribution is -2.35. The van der Waals surface area contributed by atoms with E-state index in [4.69, 9.17) is 4.74 Å². The van der Waals surface area contributed by atoms with Crippen LogP contribution in [0.2, 0.25) is 0 Å². The maximum Gasteiger partial charge on any atom is 0.265 e. The van der Waals surface area contributed by atoms with Crippen LogP contribution < -0.4 is 4.74 Å². The summed E-state index contributed by atoms with van der Waals surface area (Å²) in [5.41, 5.74) is 2.85. The van der Waals surface area contributed by atoms with Crippen molar-refractivity contribution in [3.8, 4) is 16.3 Å². The summed E-state index contributed by atoms with van der Waals surface area (Å²) in [5, 5.41) is 0.849. The highest BCUT2D eigenvalue weighted by Crippen LogP contribution is 2.30. The van der Waals surface area contributed by atoms with Crippen LogP contribution in [0.4, 0.5) is 4.39 Å². The van der Waals surface area contributed by atoms with Gasteiger partial charge in [-0.05, 0) is 62.2 Å². The Kier molecular flexibility index (Phi) is 7.17. The van der Waals surface area contributed by atoms with E-state index in [0.29, 0.717) is 18.0 Å². The molecular formula is C25H28FN3O2S. The zero-order valence-electron chi connectivity index (χ0n) is 18.5. The number of benzene rings is 2. The number of nitrogens with zero attached hydrogens (tertiary/aromatic N) is 3. The van der Waals surface area contributed by atoms with Gasteiger partial charge in [0.1, 0.15) is 21.5 Å². The van der Waals surface area contributed by atoms with Gasteiger partial charge in [-0.15, -0.1) is 11.3 Å². The van der Waals surface area contributed by atoms with E-state index in [0.717, 1.165) is 60.2 Å². The second kappa shape index (κ2) is 10.2. The molecule has 1 saturated heterocycles. The van der Waals surface area contributed by atoms with Crippen molar-refractivity contribution >= 4 is 17.2 Å². The third-order valence-corrected chi connectivity index (χ3v) is 6.79. The van der Waals surface area contributed by atoms with Crippen LogP contribution in [-0.4, -0.2) is 53.5 Å². The fourth-order valence-electron chi connectivity index (χ4n) is 3.90. The van der Waals surface area contributed by atoms with E-state index in [1.165, 1.54) is 23.5 Å². The Hall–Kier alpha value is -2.77. The van der Waals surface area contributed by atoms with Crippen molar-refractivity contribution < 1.29 is 13.9 Å². The molecule has 0 atom stereocenters. The van der Waals surface area contributed by atoms with Crippen LogP contribution in [0.3, 0.4) is 0 Å². The van der Waals surface area contributed by atoms with Crippen molar-refractivity contribution in [3.05, 3.63) is 70.5 Å². The standard InChI is InChI=1S/C25H28FN3O2S/c1-3-31-22-11-7-20(8-12-22)24-27-18(2)23(32-24)25(30)29-14-4-13-28(15-16-29)17-19-5-9-21(26)10-6-19/h5-12H,3-4,13-17H2,1-2H3. The van der Waals surface area contributed by atoms with Gasteiger partial charge in [0.25, 0.3) is 5.91 Å². The fourth-order valence-corrected chi connectivity index (χ4v) is 4.94. The molecule has 168 valence electrons. The SMILES string of the molecule is CCOc1ccc(-c2nc(C)c(C(=O)N3CCCN(Cc4ccc(F)cc4)CC3)s2)cc1. The van der Waals surface area contributed by atoms with Crippen LogP contribution in [0.25, 0.3) is 10.6 Å². The predicted molar refractivity (Wildman–Crippen MR) is 126 cm³/mol. The van der Waals surface area contributed by atoms with Crippen molar-refractivity contribution in [2.75, 3.05) is 32.8 Å². The molecule has 0 bridgehead atoms. The number of aryl methyl sites for hydroxylation is 1. The van der Waals surface area contributed by atoms with E-state index in [1.807, 2.05) is 55.1 Å². The number of amides is 1. The van der Waals surface area contributed by atoms with Gasteiger partial charge in [0.05, 0.1) is 12.3 Å². The summed E-state index contributed by atoms with van der Waals surface area (Å²) in [5.74, 6) is 0.669. The number of hydrogen-bond donors (Lipinski definition) is 0. The van der Waals surface area contributed by atoms with E-state index in [2.05, 4.69) is 9.88 Å². The van der Waals surface area contributed by atoms with Gasteiger partial charge in [-0.25, -0.2) is 9.37 Å². The molecular weight excluding hydrogens is 425 g/mol. The Bertz CT molecular complexity index is 1050. The number of aromatic nitrogens is 1. The van der Waals surface area contributed by atoms with E-state index in [-0.39, 0.29) is 11.7 Å². The average molecular weight is 454 g/mol. The summed E-state index contributed by atoms with van der Waals surface area (Å²) in [6.45, 7) is 8.38. The number of carbonyl (C=O) groups is 1. The number of rotatable bonds is 6. The summed E-state index contributed by atoms with van der Waals surface area (Å²) in [6, 6.07) is 14.5. The van der Waals surface area contributed by atoms with Crippen LogP contribution in [-0.2, 0) is 6.54 Å². The minimum absolute atomic E-state index is 0.0563. The van der Waals surface area contributed by atoms with Gasteiger partial charge in [-0.1, -0.05) is 12.1 Å². The van der Waals surface area contributed by atoms with E-state index in [1.54, 1.807) is 0 Å². The highest BCUT2D eigenvalue weighted by Gasteiger charge is 2.24. The molecule has 3 aromatic rings. The van der Waals surface area contributed by atoms with E-state index in [9.17, 15) is 9.18 Å². The van der Waals surface area contributed by atoms with Gasteiger partial charge >= 0.3 is 0 Å². The summed E-state index contributed by atoms with van der Waals surface area (Å²) in [7, 11) is 0. The number of carbonyl (C=O) groups excluding carboxylic acids is 1. The minimum Gasteiger partial charge on any atom is -0.494 e. The summed E-state index contributed by atoms with van der Waals surface area (Å²) < 4.78 is 18.7. The summed E-state index contributed by atoms with van der Waals surface area (Å²) >= 11 is 1.45. The largest absolute Gasteiger partial charge is 0.494 e. The number of halogens is 1. The molecule has 0 spiro atoms. The number of thiazole rings is 1. The van der Waals surface area contributed by atoms with Crippen LogP contribution in [0.15, 0.2) is 48.5 Å². The minimum atomic E-state index is -0.217. The normalized spacial score (nSPS) is 14.9. The number of ether oxygens (including phenoxy) is 1. The maximum atomic E-state index is 13.3. The molecule has 0 N–H and O–H groups in total. The highest BCUT2D eigenvalue weighted by molar-refractivity contribution is 7.17. The lowest BCUT2D eigenvalue weighted by atomic mass is 10.2.